The second kappa shape index (κ2) is 38.8. The highest BCUT2D eigenvalue weighted by atomic mass is 16.6. The molecule has 91 heavy (non-hydrogen) atoms. The first-order valence-electron chi connectivity index (χ1n) is 31.5. The molecule has 0 spiro atoms. The van der Waals surface area contributed by atoms with Crippen molar-refractivity contribution in [2.24, 2.45) is 0 Å². The first kappa shape index (κ1) is 69.9. The van der Waals surface area contributed by atoms with Crippen LogP contribution in [-0.2, 0) is 63.3 Å². The topological polar surface area (TPSA) is 221 Å². The van der Waals surface area contributed by atoms with Gasteiger partial charge in [0.15, 0.2) is 0 Å². The molecule has 0 radical (unpaired) electrons. The summed E-state index contributed by atoms with van der Waals surface area (Å²) in [4.78, 5) is 22.4. The lowest BCUT2D eigenvalue weighted by molar-refractivity contribution is 0.0174. The van der Waals surface area contributed by atoms with Crippen molar-refractivity contribution in [1.82, 2.24) is 24.9 Å². The molecule has 2 aromatic carbocycles. The van der Waals surface area contributed by atoms with Gasteiger partial charge in [-0.25, -0.2) is 9.97 Å². The summed E-state index contributed by atoms with van der Waals surface area (Å²) in [5, 5.41) is 0. The first-order chi connectivity index (χ1) is 44.7. The van der Waals surface area contributed by atoms with Crippen LogP contribution in [0, 0.1) is 6.92 Å². The van der Waals surface area contributed by atoms with Gasteiger partial charge in [-0.1, -0.05) is 13.8 Å². The molecule has 0 fully saturated rings. The van der Waals surface area contributed by atoms with E-state index in [9.17, 15) is 0 Å². The van der Waals surface area contributed by atoms with Crippen molar-refractivity contribution >= 4 is 56.4 Å². The number of benzene rings is 2. The minimum atomic E-state index is 0.274. The highest BCUT2D eigenvalue weighted by molar-refractivity contribution is 5.99. The summed E-state index contributed by atoms with van der Waals surface area (Å²) in [7, 11) is 6.59. The highest BCUT2D eigenvalue weighted by Gasteiger charge is 2.22. The Balaban J connectivity index is 1.28. The first-order valence-corrected chi connectivity index (χ1v) is 31.5. The molecule has 494 valence electrons. The van der Waals surface area contributed by atoms with Gasteiger partial charge in [0, 0.05) is 79.3 Å². The van der Waals surface area contributed by atoms with Crippen LogP contribution in [-0.4, -0.2) is 212 Å². The summed E-state index contributed by atoms with van der Waals surface area (Å²) in [6.07, 6.45) is 5.72. The van der Waals surface area contributed by atoms with E-state index in [1.54, 1.807) is 28.4 Å². The van der Waals surface area contributed by atoms with Crippen LogP contribution in [0.2, 0.25) is 0 Å². The maximum Gasteiger partial charge on any atom is 0.123 e. The van der Waals surface area contributed by atoms with E-state index in [4.69, 9.17) is 85.8 Å². The smallest absolute Gasteiger partial charge is 0.123 e. The minimum Gasteiger partial charge on any atom is -0.491 e. The molecule has 0 aliphatic carbocycles. The van der Waals surface area contributed by atoms with Gasteiger partial charge in [0.25, 0.3) is 0 Å². The van der Waals surface area contributed by atoms with E-state index in [2.05, 4.69) is 79.0 Å². The molecule has 6 heterocycles. The number of allylic oxidation sites excluding steroid dienone is 2. The van der Waals surface area contributed by atoms with E-state index in [1.165, 1.54) is 16.7 Å². The van der Waals surface area contributed by atoms with Crippen LogP contribution in [0.5, 0.6) is 23.0 Å². The van der Waals surface area contributed by atoms with Crippen molar-refractivity contribution in [3.05, 3.63) is 107 Å². The zero-order valence-electron chi connectivity index (χ0n) is 54.4. The molecule has 0 amide bonds. The Kier molecular flexibility index (Phi) is 29.8. The second-order valence-corrected chi connectivity index (χ2v) is 21.2. The summed E-state index contributed by atoms with van der Waals surface area (Å²) < 4.78 is 92.5. The van der Waals surface area contributed by atoms with Crippen LogP contribution in [0.15, 0.2) is 72.8 Å². The number of hydrogen-bond acceptors (Lipinski definition) is 18. The lowest BCUT2D eigenvalue weighted by Crippen LogP contribution is -2.13. The lowest BCUT2D eigenvalue weighted by Gasteiger charge is -2.14. The van der Waals surface area contributed by atoms with Gasteiger partial charge in [-0.2, -0.15) is 0 Å². The normalized spacial score (nSPS) is 12.2. The van der Waals surface area contributed by atoms with Gasteiger partial charge in [0.05, 0.1) is 160 Å². The van der Waals surface area contributed by atoms with Crippen molar-refractivity contribution in [1.29, 1.82) is 0 Å². The van der Waals surface area contributed by atoms with Crippen molar-refractivity contribution in [2.75, 3.05) is 187 Å². The van der Waals surface area contributed by atoms with Gasteiger partial charge in [-0.05, 0) is 133 Å². The standard InChI is InChI=1S/C70H93N5O16/c1-9-59-49(3)69-70-50(4)60(10-2)66(75-70)46-54-12-14-62(72-54)68(52-43-57(90-39-35-86-31-27-82-23-19-78-7)48-58(44-52)91-40-36-87-32-28-83-24-20-79-8)64-16-15-63(73-64)67(61-13-11-53(71-61)45-65(59)74-69)51-41-55(88-37-33-84-29-25-80-21-17-76-5)47-56(42-51)89-38-34-85-30-26-81-22-18-77-6/h11-16,41-48,71-72,74H,9-10,17-40H2,1-8H3. The van der Waals surface area contributed by atoms with Crippen LogP contribution in [0.4, 0.5) is 0 Å². The second-order valence-electron chi connectivity index (χ2n) is 21.2. The third kappa shape index (κ3) is 21.3. The summed E-state index contributed by atoms with van der Waals surface area (Å²) in [6, 6.07) is 24.5. The molecule has 10 bridgehead atoms. The van der Waals surface area contributed by atoms with Gasteiger partial charge in [-0.3, -0.25) is 0 Å². The molecule has 4 aromatic heterocycles. The lowest BCUT2D eigenvalue weighted by atomic mass is 10.0. The SMILES string of the molecule is CCC1=C(C)c2nc1cc1ccc([nH]1)c(-c1cc(OCCOCCOCCOC)cc(OCCOCCOCCOC)c1)c1nc(c(-c3cc(OCCOCCOCCOC)cc(OCCOCCOCCOC)c3)c3ccc(cc4[nH]c2c(C)c4CC)[nH]3)C=C1. The molecule has 6 aromatic rings. The van der Waals surface area contributed by atoms with Gasteiger partial charge < -0.3 is 90.7 Å². The zero-order chi connectivity index (χ0) is 63.8. The third-order valence-corrected chi connectivity index (χ3v) is 14.9. The average molecular weight is 1260 g/mol. The van der Waals surface area contributed by atoms with E-state index < -0.39 is 0 Å². The summed E-state index contributed by atoms with van der Waals surface area (Å²) in [6.45, 7) is 18.7. The van der Waals surface area contributed by atoms with Crippen LogP contribution in [0.3, 0.4) is 0 Å². The Hall–Kier alpha value is -6.96. The van der Waals surface area contributed by atoms with Crippen LogP contribution >= 0.6 is 0 Å². The Morgan fingerprint density at radius 3 is 1.09 bits per heavy atom. The number of H-pyrrole nitrogens is 3. The Morgan fingerprint density at radius 1 is 0.363 bits per heavy atom. The van der Waals surface area contributed by atoms with Gasteiger partial charge >= 0.3 is 0 Å². The number of aromatic nitrogens is 5. The third-order valence-electron chi connectivity index (χ3n) is 14.9. The molecule has 0 saturated carbocycles. The number of aromatic amines is 3. The number of nitrogens with one attached hydrogen (secondary N) is 3. The molecule has 3 N–H and O–H groups in total. The Labute approximate surface area is 534 Å². The predicted molar refractivity (Wildman–Crippen MR) is 354 cm³/mol. The Morgan fingerprint density at radius 2 is 0.725 bits per heavy atom. The number of rotatable bonds is 44. The van der Waals surface area contributed by atoms with Gasteiger partial charge in [0.2, 0.25) is 0 Å². The number of methoxy groups -OCH3 is 4. The fraction of sp³-hybridized carbons (Fsp3) is 0.486. The zero-order valence-corrected chi connectivity index (χ0v) is 54.4. The fourth-order valence-electron chi connectivity index (χ4n) is 10.5. The van der Waals surface area contributed by atoms with Crippen molar-refractivity contribution in [2.45, 2.75) is 40.5 Å². The molecule has 21 nitrogen and oxygen atoms in total. The number of hydrogen-bond donors (Lipinski definition) is 3. The van der Waals surface area contributed by atoms with E-state index in [0.29, 0.717) is 167 Å². The summed E-state index contributed by atoms with van der Waals surface area (Å²) in [5.41, 5.74) is 16.5. The fourth-order valence-corrected chi connectivity index (χ4v) is 10.5. The van der Waals surface area contributed by atoms with Crippen molar-refractivity contribution in [3.8, 4) is 45.3 Å². The minimum absolute atomic E-state index is 0.274. The number of fused-ring (bicyclic) bond motifs is 11. The van der Waals surface area contributed by atoms with E-state index in [-0.39, 0.29) is 26.4 Å². The Bertz CT molecular complexity index is 3380. The predicted octanol–water partition coefficient (Wildman–Crippen LogP) is 11.3. The quantitative estimate of drug-likeness (QED) is 0.0302. The largest absolute Gasteiger partial charge is 0.491 e. The van der Waals surface area contributed by atoms with E-state index >= 15 is 0 Å². The van der Waals surface area contributed by atoms with E-state index in [1.807, 2.05) is 48.6 Å². The molecule has 0 saturated heterocycles. The van der Waals surface area contributed by atoms with Crippen LogP contribution in [0.1, 0.15) is 61.1 Å². The maximum absolute atomic E-state index is 6.49. The number of ether oxygens (including phenoxy) is 16. The molecular formula is C70H93N5O16. The van der Waals surface area contributed by atoms with Gasteiger partial charge in [0.1, 0.15) is 49.4 Å². The van der Waals surface area contributed by atoms with Gasteiger partial charge in [-0.15, -0.1) is 0 Å². The monoisotopic (exact) mass is 1260 g/mol. The number of nitrogens with zero attached hydrogens (tertiary/aromatic N) is 2. The molecule has 2 aliphatic heterocycles. The summed E-state index contributed by atoms with van der Waals surface area (Å²) in [5.74, 6) is 2.31. The van der Waals surface area contributed by atoms with Crippen molar-refractivity contribution < 1.29 is 75.8 Å². The van der Waals surface area contributed by atoms with Crippen LogP contribution in [0.25, 0.3) is 78.7 Å². The summed E-state index contributed by atoms with van der Waals surface area (Å²) >= 11 is 0. The molecule has 8 rings (SSSR count). The average Bonchev–Trinajstić information content (AvgIpc) is 1.66. The molecule has 2 aliphatic rings. The van der Waals surface area contributed by atoms with Crippen molar-refractivity contribution in [3.63, 3.8) is 0 Å². The molecular weight excluding hydrogens is 1170 g/mol. The number of aryl methyl sites for hydroxylation is 2. The van der Waals surface area contributed by atoms with Crippen LogP contribution < -0.4 is 18.9 Å². The van der Waals surface area contributed by atoms with E-state index in [0.717, 1.165) is 85.2 Å². The highest BCUT2D eigenvalue weighted by Crippen LogP contribution is 2.41. The molecule has 0 unspecified atom stereocenters. The molecule has 21 heteroatoms. The molecule has 0 atom stereocenters. The maximum atomic E-state index is 6.49.